The Morgan fingerprint density at radius 3 is 2.38 bits per heavy atom. The normalized spacial score (nSPS) is 10.6. The molecule has 0 spiro atoms. The molecule has 3 heteroatoms. The van der Waals surface area contributed by atoms with Gasteiger partial charge >= 0.3 is 0 Å². The summed E-state index contributed by atoms with van der Waals surface area (Å²) in [5.74, 6) is 0.117. The van der Waals surface area contributed by atoms with Crippen LogP contribution in [-0.4, -0.2) is 22.4 Å². The van der Waals surface area contributed by atoms with E-state index in [0.717, 1.165) is 16.9 Å². The minimum absolute atomic E-state index is 0.117. The van der Waals surface area contributed by atoms with Crippen molar-refractivity contribution in [2.75, 3.05) is 7.05 Å². The van der Waals surface area contributed by atoms with Crippen LogP contribution in [0.3, 0.4) is 0 Å². The summed E-state index contributed by atoms with van der Waals surface area (Å²) in [4.78, 5) is 14.3. The zero-order chi connectivity index (χ0) is 16.9. The number of likely N-dealkylation sites (N-methyl/N-ethyl adjacent to an activating group) is 1. The van der Waals surface area contributed by atoms with Crippen molar-refractivity contribution in [3.63, 3.8) is 0 Å². The first-order valence-corrected chi connectivity index (χ1v) is 8.14. The van der Waals surface area contributed by atoms with Crippen LogP contribution in [0.2, 0.25) is 0 Å². The molecular formula is C21H22N2O. The average Bonchev–Trinajstić information content (AvgIpc) is 3.04. The summed E-state index contributed by atoms with van der Waals surface area (Å²) in [5, 5.41) is 0. The fourth-order valence-corrected chi connectivity index (χ4v) is 2.75. The molecule has 1 aromatic heterocycles. The lowest BCUT2D eigenvalue weighted by Gasteiger charge is -2.18. The monoisotopic (exact) mass is 318 g/mol. The number of aryl methyl sites for hydroxylation is 1. The Morgan fingerprint density at radius 1 is 0.958 bits per heavy atom. The van der Waals surface area contributed by atoms with E-state index in [-0.39, 0.29) is 5.91 Å². The summed E-state index contributed by atoms with van der Waals surface area (Å²) in [6, 6.07) is 22.4. The molecule has 0 bridgehead atoms. The highest BCUT2D eigenvalue weighted by Crippen LogP contribution is 2.15. The third-order valence-corrected chi connectivity index (χ3v) is 4.17. The molecule has 0 radical (unpaired) electrons. The minimum Gasteiger partial charge on any atom is -0.341 e. The van der Waals surface area contributed by atoms with Crippen molar-refractivity contribution >= 4 is 5.91 Å². The van der Waals surface area contributed by atoms with Crippen molar-refractivity contribution in [3.8, 4) is 5.69 Å². The highest BCUT2D eigenvalue weighted by atomic mass is 16.2. The molecule has 0 aliphatic carbocycles. The molecule has 0 saturated heterocycles. The zero-order valence-corrected chi connectivity index (χ0v) is 14.1. The number of carbonyl (C=O) groups is 1. The van der Waals surface area contributed by atoms with Gasteiger partial charge in [-0.1, -0.05) is 48.0 Å². The highest BCUT2D eigenvalue weighted by molar-refractivity contribution is 5.78. The lowest BCUT2D eigenvalue weighted by atomic mass is 10.2. The molecule has 3 aromatic rings. The molecule has 0 atom stereocenters. The van der Waals surface area contributed by atoms with Crippen molar-refractivity contribution < 1.29 is 4.79 Å². The number of benzene rings is 2. The summed E-state index contributed by atoms with van der Waals surface area (Å²) in [6.07, 6.45) is 2.40. The van der Waals surface area contributed by atoms with Crippen LogP contribution >= 0.6 is 0 Å². The molecular weight excluding hydrogens is 296 g/mol. The van der Waals surface area contributed by atoms with Gasteiger partial charge in [-0.15, -0.1) is 0 Å². The third-order valence-electron chi connectivity index (χ3n) is 4.17. The van der Waals surface area contributed by atoms with Crippen LogP contribution in [0, 0.1) is 6.92 Å². The Hall–Kier alpha value is -2.81. The summed E-state index contributed by atoms with van der Waals surface area (Å²) >= 11 is 0. The molecule has 0 aliphatic rings. The molecule has 1 amide bonds. The summed E-state index contributed by atoms with van der Waals surface area (Å²) in [6.45, 7) is 2.70. The van der Waals surface area contributed by atoms with Crippen LogP contribution in [0.5, 0.6) is 0 Å². The summed E-state index contributed by atoms with van der Waals surface area (Å²) in [7, 11) is 1.86. The second-order valence-electron chi connectivity index (χ2n) is 6.12. The van der Waals surface area contributed by atoms with E-state index in [0.29, 0.717) is 13.0 Å². The number of hydrogen-bond acceptors (Lipinski definition) is 1. The number of amides is 1. The number of rotatable bonds is 5. The van der Waals surface area contributed by atoms with Gasteiger partial charge in [0.05, 0.1) is 6.42 Å². The number of carbonyl (C=O) groups excluding carboxylic acids is 1. The van der Waals surface area contributed by atoms with Crippen molar-refractivity contribution in [1.82, 2.24) is 9.47 Å². The van der Waals surface area contributed by atoms with Crippen LogP contribution in [0.15, 0.2) is 72.9 Å². The van der Waals surface area contributed by atoms with Crippen molar-refractivity contribution in [1.29, 1.82) is 0 Å². The summed E-state index contributed by atoms with van der Waals surface area (Å²) in [5.41, 5.74) is 4.45. The maximum atomic E-state index is 12.6. The molecule has 0 saturated carbocycles. The third kappa shape index (κ3) is 3.74. The smallest absolute Gasteiger partial charge is 0.228 e. The molecule has 1 heterocycles. The molecule has 2 aromatic carbocycles. The van der Waals surface area contributed by atoms with E-state index in [1.54, 1.807) is 4.90 Å². The van der Waals surface area contributed by atoms with E-state index >= 15 is 0 Å². The standard InChI is InChI=1S/C21H22N2O/c1-17-10-12-19(13-11-17)23-14-6-9-20(23)15-21(24)22(2)16-18-7-4-3-5-8-18/h3-14H,15-16H2,1-2H3. The fraction of sp³-hybridized carbons (Fsp3) is 0.190. The van der Waals surface area contributed by atoms with Crippen LogP contribution in [0.4, 0.5) is 0 Å². The Balaban J connectivity index is 1.71. The van der Waals surface area contributed by atoms with Crippen LogP contribution in [0.25, 0.3) is 5.69 Å². The Labute approximate surface area is 143 Å². The van der Waals surface area contributed by atoms with Crippen molar-refractivity contribution in [2.24, 2.45) is 0 Å². The lowest BCUT2D eigenvalue weighted by molar-refractivity contribution is -0.129. The fourth-order valence-electron chi connectivity index (χ4n) is 2.75. The van der Waals surface area contributed by atoms with Gasteiger partial charge in [-0.25, -0.2) is 0 Å². The van der Waals surface area contributed by atoms with Gasteiger partial charge in [0.15, 0.2) is 0 Å². The second kappa shape index (κ2) is 7.18. The van der Waals surface area contributed by atoms with Gasteiger partial charge in [-0.3, -0.25) is 4.79 Å². The van der Waals surface area contributed by atoms with Crippen LogP contribution in [-0.2, 0) is 17.8 Å². The van der Waals surface area contributed by atoms with Gasteiger partial charge in [-0.05, 0) is 36.8 Å². The predicted molar refractivity (Wildman–Crippen MR) is 97.1 cm³/mol. The maximum Gasteiger partial charge on any atom is 0.228 e. The lowest BCUT2D eigenvalue weighted by Crippen LogP contribution is -2.28. The predicted octanol–water partition coefficient (Wildman–Crippen LogP) is 3.99. The van der Waals surface area contributed by atoms with Crippen molar-refractivity contribution in [2.45, 2.75) is 19.9 Å². The number of nitrogens with zero attached hydrogens (tertiary/aromatic N) is 2. The summed E-state index contributed by atoms with van der Waals surface area (Å²) < 4.78 is 2.08. The van der Waals surface area contributed by atoms with Crippen molar-refractivity contribution in [3.05, 3.63) is 89.7 Å². The molecule has 0 aliphatic heterocycles. The molecule has 3 nitrogen and oxygen atoms in total. The van der Waals surface area contributed by atoms with E-state index in [1.807, 2.05) is 55.7 Å². The second-order valence-corrected chi connectivity index (χ2v) is 6.12. The van der Waals surface area contributed by atoms with E-state index in [4.69, 9.17) is 0 Å². The van der Waals surface area contributed by atoms with Gasteiger partial charge in [0.2, 0.25) is 5.91 Å². The number of aromatic nitrogens is 1. The Morgan fingerprint density at radius 2 is 1.67 bits per heavy atom. The van der Waals surface area contributed by atoms with Gasteiger partial charge in [0.1, 0.15) is 0 Å². The first kappa shape index (κ1) is 16.1. The SMILES string of the molecule is Cc1ccc(-n2cccc2CC(=O)N(C)Cc2ccccc2)cc1. The molecule has 3 rings (SSSR count). The van der Waals surface area contributed by atoms with Gasteiger partial charge in [0.25, 0.3) is 0 Å². The maximum absolute atomic E-state index is 12.6. The van der Waals surface area contributed by atoms with Crippen LogP contribution in [0.1, 0.15) is 16.8 Å². The molecule has 122 valence electrons. The topological polar surface area (TPSA) is 25.2 Å². The highest BCUT2D eigenvalue weighted by Gasteiger charge is 2.13. The van der Waals surface area contributed by atoms with E-state index in [9.17, 15) is 4.79 Å². The van der Waals surface area contributed by atoms with Gasteiger partial charge in [-0.2, -0.15) is 0 Å². The van der Waals surface area contributed by atoms with E-state index in [1.165, 1.54) is 5.56 Å². The Kier molecular flexibility index (Phi) is 4.80. The quantitative estimate of drug-likeness (QED) is 0.698. The number of hydrogen-bond donors (Lipinski definition) is 0. The van der Waals surface area contributed by atoms with E-state index in [2.05, 4.69) is 35.8 Å². The molecule has 24 heavy (non-hydrogen) atoms. The Bertz CT molecular complexity index is 803. The van der Waals surface area contributed by atoms with Crippen LogP contribution < -0.4 is 0 Å². The largest absolute Gasteiger partial charge is 0.341 e. The average molecular weight is 318 g/mol. The minimum atomic E-state index is 0.117. The van der Waals surface area contributed by atoms with E-state index < -0.39 is 0 Å². The molecule has 0 unspecified atom stereocenters. The van der Waals surface area contributed by atoms with Gasteiger partial charge in [0, 0.05) is 31.2 Å². The zero-order valence-electron chi connectivity index (χ0n) is 14.1. The molecule has 0 N–H and O–H groups in total. The first-order chi connectivity index (χ1) is 11.6. The van der Waals surface area contributed by atoms with Gasteiger partial charge < -0.3 is 9.47 Å². The first-order valence-electron chi connectivity index (χ1n) is 8.14. The molecule has 0 fully saturated rings.